The number of para-hydroxylation sites is 1. The molecule has 0 saturated heterocycles. The second-order valence-corrected chi connectivity index (χ2v) is 5.20. The maximum Gasteiger partial charge on any atom is 0.286 e. The highest BCUT2D eigenvalue weighted by Crippen LogP contribution is 2.16. The van der Waals surface area contributed by atoms with Gasteiger partial charge in [0.1, 0.15) is 17.9 Å². The fourth-order valence-corrected chi connectivity index (χ4v) is 2.05. The topological polar surface area (TPSA) is 106 Å². The highest BCUT2D eigenvalue weighted by Gasteiger charge is 2.19. The van der Waals surface area contributed by atoms with Crippen LogP contribution in [0.3, 0.4) is 0 Å². The summed E-state index contributed by atoms with van der Waals surface area (Å²) in [5.41, 5.74) is -0.316. The van der Waals surface area contributed by atoms with E-state index in [2.05, 4.69) is 4.98 Å². The van der Waals surface area contributed by atoms with Crippen molar-refractivity contribution in [3.8, 4) is 5.75 Å². The van der Waals surface area contributed by atoms with Crippen LogP contribution in [0.2, 0.25) is 0 Å². The zero-order valence-electron chi connectivity index (χ0n) is 13.3. The Hall–Kier alpha value is -3.16. The summed E-state index contributed by atoms with van der Waals surface area (Å²) in [5, 5.41) is 10.8. The zero-order chi connectivity index (χ0) is 17.7. The fourth-order valence-electron chi connectivity index (χ4n) is 2.05. The summed E-state index contributed by atoms with van der Waals surface area (Å²) in [7, 11) is 1.50. The maximum atomic E-state index is 12.3. The molecule has 0 spiro atoms. The highest BCUT2D eigenvalue weighted by atomic mass is 16.6. The van der Waals surface area contributed by atoms with Crippen molar-refractivity contribution in [3.05, 3.63) is 68.1 Å². The average Bonchev–Trinajstić information content (AvgIpc) is 2.56. The minimum Gasteiger partial charge on any atom is -0.491 e. The lowest BCUT2D eigenvalue weighted by atomic mass is 10.2. The molecule has 1 aromatic heterocycles. The minimum absolute atomic E-state index is 0.231. The summed E-state index contributed by atoms with van der Waals surface area (Å²) in [6.45, 7) is 2.38. The van der Waals surface area contributed by atoms with E-state index in [0.29, 0.717) is 5.75 Å². The van der Waals surface area contributed by atoms with Crippen LogP contribution >= 0.6 is 0 Å². The van der Waals surface area contributed by atoms with Crippen LogP contribution in [0.25, 0.3) is 0 Å². The number of pyridine rings is 1. The Labute approximate surface area is 137 Å². The number of aromatic nitrogens is 1. The van der Waals surface area contributed by atoms with Crippen LogP contribution in [0.5, 0.6) is 5.75 Å². The van der Waals surface area contributed by atoms with Gasteiger partial charge in [-0.2, -0.15) is 0 Å². The number of rotatable bonds is 6. The number of H-pyrrole nitrogens is 1. The van der Waals surface area contributed by atoms with E-state index in [-0.39, 0.29) is 24.4 Å². The Balaban J connectivity index is 2.02. The standard InChI is InChI=1S/C16H17N3O5/c1-11-5-3-4-6-14(11)24-8-7-18(2)16(21)13-9-12(19(22)23)10-17-15(13)20/h3-6,9-10H,7-8H2,1-2H3,(H,17,20). The number of hydrogen-bond donors (Lipinski definition) is 1. The molecule has 126 valence electrons. The summed E-state index contributed by atoms with van der Waals surface area (Å²) >= 11 is 0. The number of carbonyl (C=O) groups excluding carboxylic acids is 1. The molecule has 1 amide bonds. The van der Waals surface area contributed by atoms with Gasteiger partial charge in [0.25, 0.3) is 17.2 Å². The molecule has 0 saturated carbocycles. The molecule has 24 heavy (non-hydrogen) atoms. The summed E-state index contributed by atoms with van der Waals surface area (Å²) in [6, 6.07) is 8.45. The van der Waals surface area contributed by atoms with Gasteiger partial charge in [-0.25, -0.2) is 0 Å². The number of benzene rings is 1. The van der Waals surface area contributed by atoms with Crippen molar-refractivity contribution in [2.24, 2.45) is 0 Å². The van der Waals surface area contributed by atoms with Gasteiger partial charge in [-0.15, -0.1) is 0 Å². The Morgan fingerprint density at radius 2 is 2.08 bits per heavy atom. The molecule has 0 atom stereocenters. The van der Waals surface area contributed by atoms with E-state index >= 15 is 0 Å². The number of likely N-dealkylation sites (N-methyl/N-ethyl adjacent to an activating group) is 1. The summed E-state index contributed by atoms with van der Waals surface area (Å²) in [4.78, 5) is 37.6. The molecule has 0 radical (unpaired) electrons. The van der Waals surface area contributed by atoms with Gasteiger partial charge in [0, 0.05) is 13.1 Å². The molecule has 1 aromatic carbocycles. The van der Waals surface area contributed by atoms with Crippen molar-refractivity contribution in [2.45, 2.75) is 6.92 Å². The number of aryl methyl sites for hydroxylation is 1. The SMILES string of the molecule is Cc1ccccc1OCCN(C)C(=O)c1cc([N+](=O)[O-])c[nH]c1=O. The Kier molecular flexibility index (Phi) is 5.31. The smallest absolute Gasteiger partial charge is 0.286 e. The van der Waals surface area contributed by atoms with Gasteiger partial charge in [0.15, 0.2) is 0 Å². The van der Waals surface area contributed by atoms with Crippen molar-refractivity contribution in [2.75, 3.05) is 20.2 Å². The number of amides is 1. The number of nitrogens with zero attached hydrogens (tertiary/aromatic N) is 2. The second kappa shape index (κ2) is 7.40. The van der Waals surface area contributed by atoms with Crippen LogP contribution in [0.15, 0.2) is 41.3 Å². The number of ether oxygens (including phenoxy) is 1. The van der Waals surface area contributed by atoms with E-state index < -0.39 is 16.4 Å². The number of hydrogen-bond acceptors (Lipinski definition) is 5. The van der Waals surface area contributed by atoms with E-state index in [4.69, 9.17) is 4.74 Å². The Morgan fingerprint density at radius 3 is 2.75 bits per heavy atom. The predicted molar refractivity (Wildman–Crippen MR) is 87.4 cm³/mol. The summed E-state index contributed by atoms with van der Waals surface area (Å²) in [5.74, 6) is 0.111. The summed E-state index contributed by atoms with van der Waals surface area (Å²) < 4.78 is 5.60. The minimum atomic E-state index is -0.673. The fraction of sp³-hybridized carbons (Fsp3) is 0.250. The van der Waals surface area contributed by atoms with Crippen LogP contribution in [0.1, 0.15) is 15.9 Å². The van der Waals surface area contributed by atoms with Gasteiger partial charge in [-0.05, 0) is 18.6 Å². The third-order valence-electron chi connectivity index (χ3n) is 3.45. The first-order valence-electron chi connectivity index (χ1n) is 7.21. The van der Waals surface area contributed by atoms with Crippen LogP contribution in [-0.2, 0) is 0 Å². The first kappa shape index (κ1) is 17.2. The number of aromatic amines is 1. The van der Waals surface area contributed by atoms with E-state index in [1.165, 1.54) is 11.9 Å². The molecule has 8 heteroatoms. The van der Waals surface area contributed by atoms with E-state index in [1.54, 1.807) is 0 Å². The van der Waals surface area contributed by atoms with Gasteiger partial charge >= 0.3 is 0 Å². The van der Waals surface area contributed by atoms with Gasteiger partial charge in [0.05, 0.1) is 17.7 Å². The van der Waals surface area contributed by atoms with Gasteiger partial charge < -0.3 is 14.6 Å². The number of nitrogens with one attached hydrogen (secondary N) is 1. The first-order chi connectivity index (χ1) is 11.4. The molecular weight excluding hydrogens is 314 g/mol. The van der Waals surface area contributed by atoms with Gasteiger partial charge in [0.2, 0.25) is 0 Å². The van der Waals surface area contributed by atoms with E-state index in [9.17, 15) is 19.7 Å². The van der Waals surface area contributed by atoms with Crippen molar-refractivity contribution in [3.63, 3.8) is 0 Å². The molecule has 2 aromatic rings. The van der Waals surface area contributed by atoms with Crippen molar-refractivity contribution in [1.29, 1.82) is 0 Å². The molecule has 1 N–H and O–H groups in total. The van der Waals surface area contributed by atoms with E-state index in [1.807, 2.05) is 31.2 Å². The van der Waals surface area contributed by atoms with Crippen molar-refractivity contribution >= 4 is 11.6 Å². The van der Waals surface area contributed by atoms with Crippen molar-refractivity contribution < 1.29 is 14.5 Å². The van der Waals surface area contributed by atoms with Crippen LogP contribution in [0, 0.1) is 17.0 Å². The quantitative estimate of drug-likeness (QED) is 0.641. The lowest BCUT2D eigenvalue weighted by Crippen LogP contribution is -2.34. The predicted octanol–water partition coefficient (Wildman–Crippen LogP) is 1.74. The molecule has 2 rings (SSSR count). The molecule has 0 fully saturated rings. The lowest BCUT2D eigenvalue weighted by molar-refractivity contribution is -0.385. The van der Waals surface area contributed by atoms with Gasteiger partial charge in [-0.3, -0.25) is 19.7 Å². The third-order valence-corrected chi connectivity index (χ3v) is 3.45. The molecule has 0 aliphatic carbocycles. The molecule has 0 aliphatic heterocycles. The molecule has 1 heterocycles. The summed E-state index contributed by atoms with van der Waals surface area (Å²) in [6.07, 6.45) is 0.959. The van der Waals surface area contributed by atoms with E-state index in [0.717, 1.165) is 17.8 Å². The monoisotopic (exact) mass is 331 g/mol. The second-order valence-electron chi connectivity index (χ2n) is 5.20. The number of carbonyl (C=O) groups is 1. The van der Waals surface area contributed by atoms with Gasteiger partial charge in [-0.1, -0.05) is 18.2 Å². The van der Waals surface area contributed by atoms with Crippen LogP contribution in [0.4, 0.5) is 5.69 Å². The molecule has 8 nitrogen and oxygen atoms in total. The van der Waals surface area contributed by atoms with Crippen LogP contribution in [-0.4, -0.2) is 40.9 Å². The molecule has 0 bridgehead atoms. The molecule has 0 unspecified atom stereocenters. The molecule has 0 aliphatic rings. The Bertz CT molecular complexity index is 815. The normalized spacial score (nSPS) is 10.2. The average molecular weight is 331 g/mol. The largest absolute Gasteiger partial charge is 0.491 e. The zero-order valence-corrected chi connectivity index (χ0v) is 13.3. The Morgan fingerprint density at radius 1 is 1.38 bits per heavy atom. The number of nitro groups is 1. The highest BCUT2D eigenvalue weighted by molar-refractivity contribution is 5.94. The first-order valence-corrected chi connectivity index (χ1v) is 7.21. The third kappa shape index (κ3) is 3.97. The lowest BCUT2D eigenvalue weighted by Gasteiger charge is -2.17. The van der Waals surface area contributed by atoms with Crippen LogP contribution < -0.4 is 10.3 Å². The van der Waals surface area contributed by atoms with Crippen molar-refractivity contribution in [1.82, 2.24) is 9.88 Å². The maximum absolute atomic E-state index is 12.3. The molecular formula is C16H17N3O5.